The molecule has 0 aromatic heterocycles. The van der Waals surface area contributed by atoms with Crippen LogP contribution in [0.2, 0.25) is 0 Å². The Morgan fingerprint density at radius 2 is 1.91 bits per heavy atom. The third kappa shape index (κ3) is 2.19. The lowest BCUT2D eigenvalue weighted by Crippen LogP contribution is -2.31. The van der Waals surface area contributed by atoms with Crippen LogP contribution in [0.5, 0.6) is 0 Å². The molecule has 0 heterocycles. The zero-order chi connectivity index (χ0) is 8.43. The highest BCUT2D eigenvalue weighted by Crippen LogP contribution is 2.33. The van der Waals surface area contributed by atoms with Crippen LogP contribution in [-0.4, -0.2) is 11.2 Å². The van der Waals surface area contributed by atoms with Gasteiger partial charge in [0, 0.05) is 0 Å². The monoisotopic (exact) mass is 156 g/mol. The van der Waals surface area contributed by atoms with Crippen LogP contribution < -0.4 is 0 Å². The van der Waals surface area contributed by atoms with Crippen LogP contribution in [0, 0.1) is 17.8 Å². The third-order valence-electron chi connectivity index (χ3n) is 2.99. The Morgan fingerprint density at radius 1 is 1.27 bits per heavy atom. The van der Waals surface area contributed by atoms with Gasteiger partial charge in [0.05, 0.1) is 6.10 Å². The van der Waals surface area contributed by atoms with Gasteiger partial charge in [-0.3, -0.25) is 0 Å². The van der Waals surface area contributed by atoms with Gasteiger partial charge in [0.1, 0.15) is 0 Å². The summed E-state index contributed by atoms with van der Waals surface area (Å²) in [6, 6.07) is 0. The van der Waals surface area contributed by atoms with E-state index in [9.17, 15) is 5.11 Å². The molecule has 0 aromatic carbocycles. The van der Waals surface area contributed by atoms with Crippen molar-refractivity contribution in [2.75, 3.05) is 0 Å². The molecule has 1 nitrogen and oxygen atoms in total. The maximum atomic E-state index is 9.71. The molecule has 1 aliphatic rings. The van der Waals surface area contributed by atoms with E-state index in [0.717, 1.165) is 12.3 Å². The first-order chi connectivity index (χ1) is 5.11. The minimum Gasteiger partial charge on any atom is -0.393 e. The molecule has 0 saturated heterocycles. The lowest BCUT2D eigenvalue weighted by molar-refractivity contribution is 0.0266. The minimum atomic E-state index is -0.0289. The van der Waals surface area contributed by atoms with Gasteiger partial charge in [0.25, 0.3) is 0 Å². The van der Waals surface area contributed by atoms with Crippen LogP contribution >= 0.6 is 0 Å². The summed E-state index contributed by atoms with van der Waals surface area (Å²) in [6.45, 7) is 6.66. The van der Waals surface area contributed by atoms with E-state index in [2.05, 4.69) is 20.8 Å². The topological polar surface area (TPSA) is 20.2 Å². The Bertz CT molecular complexity index is 120. The number of aliphatic hydroxyl groups is 1. The van der Waals surface area contributed by atoms with Crippen LogP contribution in [0.1, 0.15) is 40.0 Å². The summed E-state index contributed by atoms with van der Waals surface area (Å²) in [7, 11) is 0. The van der Waals surface area contributed by atoms with Crippen LogP contribution in [0.3, 0.4) is 0 Å². The molecule has 0 aromatic rings. The van der Waals surface area contributed by atoms with Crippen molar-refractivity contribution >= 4 is 0 Å². The van der Waals surface area contributed by atoms with Crippen LogP contribution in [0.25, 0.3) is 0 Å². The molecule has 66 valence electrons. The Hall–Kier alpha value is -0.0400. The summed E-state index contributed by atoms with van der Waals surface area (Å²) >= 11 is 0. The lowest BCUT2D eigenvalue weighted by atomic mass is 9.75. The van der Waals surface area contributed by atoms with Gasteiger partial charge in [-0.1, -0.05) is 27.2 Å². The third-order valence-corrected chi connectivity index (χ3v) is 2.99. The Balaban J connectivity index is 2.44. The average Bonchev–Trinajstić information content (AvgIpc) is 1.85. The zero-order valence-corrected chi connectivity index (χ0v) is 7.88. The number of rotatable bonds is 1. The second kappa shape index (κ2) is 3.57. The van der Waals surface area contributed by atoms with Crippen molar-refractivity contribution in [3.05, 3.63) is 0 Å². The summed E-state index contributed by atoms with van der Waals surface area (Å²) in [4.78, 5) is 0. The van der Waals surface area contributed by atoms with E-state index < -0.39 is 0 Å². The van der Waals surface area contributed by atoms with Gasteiger partial charge in [-0.2, -0.15) is 0 Å². The quantitative estimate of drug-likeness (QED) is 0.618. The zero-order valence-electron chi connectivity index (χ0n) is 7.88. The molecule has 1 aliphatic carbocycles. The Kier molecular flexibility index (Phi) is 2.94. The first-order valence-electron chi connectivity index (χ1n) is 4.79. The van der Waals surface area contributed by atoms with Gasteiger partial charge >= 0.3 is 0 Å². The molecular formula is C10H20O. The van der Waals surface area contributed by atoms with Gasteiger partial charge in [-0.25, -0.2) is 0 Å². The van der Waals surface area contributed by atoms with E-state index in [1.54, 1.807) is 0 Å². The molecule has 0 aliphatic heterocycles. The highest BCUT2D eigenvalue weighted by Gasteiger charge is 2.28. The standard InChI is InChI=1S/C10H20O/c1-7(2)9-5-4-8(3)6-10(9)11/h7-11H,4-6H2,1-3H3/t8-,9-,10+/m1/s1. The van der Waals surface area contributed by atoms with E-state index in [1.807, 2.05) is 0 Å². The molecule has 11 heavy (non-hydrogen) atoms. The summed E-state index contributed by atoms with van der Waals surface area (Å²) in [6.07, 6.45) is 3.52. The molecule has 0 amide bonds. The molecule has 0 unspecified atom stereocenters. The maximum Gasteiger partial charge on any atom is 0.0573 e. The Morgan fingerprint density at radius 3 is 2.36 bits per heavy atom. The van der Waals surface area contributed by atoms with Gasteiger partial charge in [-0.05, 0) is 30.6 Å². The van der Waals surface area contributed by atoms with Crippen molar-refractivity contribution in [3.63, 3.8) is 0 Å². The predicted molar refractivity (Wildman–Crippen MR) is 47.3 cm³/mol. The molecule has 1 N–H and O–H groups in total. The fourth-order valence-electron chi connectivity index (χ4n) is 2.15. The lowest BCUT2D eigenvalue weighted by Gasteiger charge is -2.33. The first-order valence-corrected chi connectivity index (χ1v) is 4.79. The molecule has 0 spiro atoms. The SMILES string of the molecule is CC(C)[C@H]1CC[C@@H](C)C[C@@H]1O. The van der Waals surface area contributed by atoms with Crippen LogP contribution in [0.4, 0.5) is 0 Å². The van der Waals surface area contributed by atoms with Gasteiger partial charge in [0.2, 0.25) is 0 Å². The second-order valence-electron chi connectivity index (χ2n) is 4.39. The molecule has 0 radical (unpaired) electrons. The number of aliphatic hydroxyl groups excluding tert-OH is 1. The minimum absolute atomic E-state index is 0.0289. The molecule has 1 rings (SSSR count). The fourth-order valence-corrected chi connectivity index (χ4v) is 2.15. The number of hydrogen-bond donors (Lipinski definition) is 1. The summed E-state index contributed by atoms with van der Waals surface area (Å²) in [5, 5.41) is 9.71. The molecule has 3 atom stereocenters. The van der Waals surface area contributed by atoms with Crippen LogP contribution in [-0.2, 0) is 0 Å². The van der Waals surface area contributed by atoms with Crippen molar-refractivity contribution in [2.24, 2.45) is 17.8 Å². The van der Waals surface area contributed by atoms with Gasteiger partial charge < -0.3 is 5.11 Å². The predicted octanol–water partition coefficient (Wildman–Crippen LogP) is 2.44. The van der Waals surface area contributed by atoms with Gasteiger partial charge in [0.15, 0.2) is 0 Å². The molecule has 0 bridgehead atoms. The van der Waals surface area contributed by atoms with E-state index in [-0.39, 0.29) is 6.10 Å². The largest absolute Gasteiger partial charge is 0.393 e. The Labute approximate surface area is 69.8 Å². The second-order valence-corrected chi connectivity index (χ2v) is 4.39. The summed E-state index contributed by atoms with van der Waals surface area (Å²) < 4.78 is 0. The smallest absolute Gasteiger partial charge is 0.0573 e. The van der Waals surface area contributed by atoms with Crippen molar-refractivity contribution in [1.29, 1.82) is 0 Å². The fraction of sp³-hybridized carbons (Fsp3) is 1.00. The summed E-state index contributed by atoms with van der Waals surface area (Å²) in [5.41, 5.74) is 0. The van der Waals surface area contributed by atoms with Gasteiger partial charge in [-0.15, -0.1) is 0 Å². The molecule has 1 heteroatoms. The molecular weight excluding hydrogens is 136 g/mol. The van der Waals surface area contributed by atoms with Crippen molar-refractivity contribution in [2.45, 2.75) is 46.1 Å². The highest BCUT2D eigenvalue weighted by atomic mass is 16.3. The van der Waals surface area contributed by atoms with E-state index >= 15 is 0 Å². The average molecular weight is 156 g/mol. The first kappa shape index (κ1) is 9.05. The van der Waals surface area contributed by atoms with Crippen molar-refractivity contribution < 1.29 is 5.11 Å². The van der Waals surface area contributed by atoms with E-state index in [4.69, 9.17) is 0 Å². The molecule has 1 saturated carbocycles. The summed E-state index contributed by atoms with van der Waals surface area (Å²) in [5.74, 6) is 1.95. The van der Waals surface area contributed by atoms with Crippen molar-refractivity contribution in [3.8, 4) is 0 Å². The van der Waals surface area contributed by atoms with Crippen molar-refractivity contribution in [1.82, 2.24) is 0 Å². The normalized spacial score (nSPS) is 39.5. The highest BCUT2D eigenvalue weighted by molar-refractivity contribution is 4.79. The maximum absolute atomic E-state index is 9.71. The van der Waals surface area contributed by atoms with Crippen LogP contribution in [0.15, 0.2) is 0 Å². The van der Waals surface area contributed by atoms with E-state index in [0.29, 0.717) is 11.8 Å². The molecule has 1 fully saturated rings. The number of hydrogen-bond acceptors (Lipinski definition) is 1. The van der Waals surface area contributed by atoms with E-state index in [1.165, 1.54) is 12.8 Å².